The number of hydrogen-bond acceptors (Lipinski definition) is 8. The summed E-state index contributed by atoms with van der Waals surface area (Å²) in [7, 11) is 0.347. The molecule has 0 aliphatic heterocycles. The Labute approximate surface area is 208 Å². The lowest BCUT2D eigenvalue weighted by Crippen LogP contribution is -2.10. The van der Waals surface area contributed by atoms with E-state index < -0.39 is 16.4 Å². The molecular formula is C25H25ClN4O4S. The van der Waals surface area contributed by atoms with Gasteiger partial charge in [-0.3, -0.25) is 4.98 Å². The molecule has 4 aromatic rings. The van der Waals surface area contributed by atoms with Crippen LogP contribution in [0.4, 0.5) is 11.4 Å². The number of aliphatic hydroxyl groups excluding tert-OH is 1. The van der Waals surface area contributed by atoms with Crippen LogP contribution in [0.25, 0.3) is 22.3 Å². The van der Waals surface area contributed by atoms with Gasteiger partial charge in [0.1, 0.15) is 16.2 Å². The lowest BCUT2D eigenvalue weighted by atomic mass is 10.1. The SMILES string of the molecule is CN(C)Cc1ccc(Nc2c(S(C)(=O)=O)cnc3ccc(-c4cc(Cl)c(O)c(CO)c4)nc23)cc1. The van der Waals surface area contributed by atoms with Gasteiger partial charge in [0, 0.05) is 35.8 Å². The molecule has 2 aromatic carbocycles. The summed E-state index contributed by atoms with van der Waals surface area (Å²) >= 11 is 6.14. The van der Waals surface area contributed by atoms with Crippen LogP contribution in [0.2, 0.25) is 5.02 Å². The maximum Gasteiger partial charge on any atom is 0.179 e. The molecule has 35 heavy (non-hydrogen) atoms. The third kappa shape index (κ3) is 5.38. The molecule has 0 aliphatic carbocycles. The minimum Gasteiger partial charge on any atom is -0.506 e. The largest absolute Gasteiger partial charge is 0.506 e. The summed E-state index contributed by atoms with van der Waals surface area (Å²) in [6.45, 7) is 0.381. The second-order valence-corrected chi connectivity index (χ2v) is 10.9. The third-order valence-corrected chi connectivity index (χ3v) is 6.80. The van der Waals surface area contributed by atoms with Gasteiger partial charge in [-0.05, 0) is 56.1 Å². The van der Waals surface area contributed by atoms with Crippen molar-refractivity contribution >= 4 is 43.8 Å². The summed E-state index contributed by atoms with van der Waals surface area (Å²) in [6.07, 6.45) is 2.45. The number of aromatic hydroxyl groups is 1. The van der Waals surface area contributed by atoms with Crippen LogP contribution in [-0.2, 0) is 23.0 Å². The van der Waals surface area contributed by atoms with Crippen molar-refractivity contribution < 1.29 is 18.6 Å². The molecular weight excluding hydrogens is 488 g/mol. The van der Waals surface area contributed by atoms with Crippen LogP contribution in [0.15, 0.2) is 59.6 Å². The van der Waals surface area contributed by atoms with Gasteiger partial charge >= 0.3 is 0 Å². The molecule has 0 saturated heterocycles. The predicted molar refractivity (Wildman–Crippen MR) is 138 cm³/mol. The second kappa shape index (κ2) is 9.79. The van der Waals surface area contributed by atoms with E-state index in [4.69, 9.17) is 16.6 Å². The Hall–Kier alpha value is -3.24. The molecule has 3 N–H and O–H groups in total. The van der Waals surface area contributed by atoms with Gasteiger partial charge in [0.05, 0.1) is 28.5 Å². The van der Waals surface area contributed by atoms with Gasteiger partial charge in [0.15, 0.2) is 9.84 Å². The summed E-state index contributed by atoms with van der Waals surface area (Å²) < 4.78 is 25.2. The van der Waals surface area contributed by atoms with Crippen LogP contribution in [-0.4, -0.2) is 53.8 Å². The number of benzene rings is 2. The van der Waals surface area contributed by atoms with Gasteiger partial charge in [-0.1, -0.05) is 23.7 Å². The van der Waals surface area contributed by atoms with E-state index in [1.165, 1.54) is 12.3 Å². The zero-order chi connectivity index (χ0) is 25.3. The number of hydrogen-bond donors (Lipinski definition) is 3. The number of halogens is 1. The van der Waals surface area contributed by atoms with Crippen molar-refractivity contribution in [2.45, 2.75) is 18.0 Å². The molecule has 0 saturated carbocycles. The number of anilines is 2. The van der Waals surface area contributed by atoms with Crippen molar-refractivity contribution in [3.05, 3.63) is 70.9 Å². The first-order valence-corrected chi connectivity index (χ1v) is 13.0. The highest BCUT2D eigenvalue weighted by Gasteiger charge is 2.20. The number of phenols is 1. The number of nitrogens with one attached hydrogen (secondary N) is 1. The number of fused-ring (bicyclic) bond motifs is 1. The van der Waals surface area contributed by atoms with Crippen molar-refractivity contribution in [3.63, 3.8) is 0 Å². The van der Waals surface area contributed by atoms with Crippen molar-refractivity contribution in [2.75, 3.05) is 25.7 Å². The fourth-order valence-electron chi connectivity index (χ4n) is 3.74. The van der Waals surface area contributed by atoms with Crippen LogP contribution in [0.1, 0.15) is 11.1 Å². The van der Waals surface area contributed by atoms with Gasteiger partial charge in [0.25, 0.3) is 0 Å². The van der Waals surface area contributed by atoms with Gasteiger partial charge in [-0.15, -0.1) is 0 Å². The van der Waals surface area contributed by atoms with Crippen molar-refractivity contribution in [1.82, 2.24) is 14.9 Å². The van der Waals surface area contributed by atoms with E-state index in [2.05, 4.69) is 15.2 Å². The Kier molecular flexibility index (Phi) is 6.95. The molecule has 0 atom stereocenters. The standard InChI is InChI=1S/C25H25ClN4O4S/c1-30(2)13-15-4-6-18(7-5-15)28-24-22(35(3,33)34)12-27-21-9-8-20(29-23(21)24)16-10-17(14-31)25(32)19(26)11-16/h4-12,31-32H,13-14H2,1-3H3,(H,27,28). The monoisotopic (exact) mass is 512 g/mol. The minimum absolute atomic E-state index is 0.0202. The number of aromatic nitrogens is 2. The molecule has 4 rings (SSSR count). The summed E-state index contributed by atoms with van der Waals surface area (Å²) in [6, 6.07) is 14.3. The molecule has 0 spiro atoms. The number of rotatable bonds is 7. The Morgan fingerprint density at radius 2 is 1.80 bits per heavy atom. The molecule has 0 radical (unpaired) electrons. The summed E-state index contributed by atoms with van der Waals surface area (Å²) in [4.78, 5) is 11.1. The van der Waals surface area contributed by atoms with Gasteiger partial charge in [-0.2, -0.15) is 0 Å². The molecule has 10 heteroatoms. The normalized spacial score (nSPS) is 11.8. The molecule has 0 amide bonds. The van der Waals surface area contributed by atoms with Crippen molar-refractivity contribution in [2.24, 2.45) is 0 Å². The summed E-state index contributed by atoms with van der Waals surface area (Å²) in [5, 5.41) is 22.9. The lowest BCUT2D eigenvalue weighted by Gasteiger charge is -2.15. The first-order chi connectivity index (χ1) is 16.6. The van der Waals surface area contributed by atoms with Gasteiger partial charge < -0.3 is 20.4 Å². The first kappa shape index (κ1) is 24.9. The molecule has 0 aliphatic rings. The quantitative estimate of drug-likeness (QED) is 0.334. The highest BCUT2D eigenvalue weighted by molar-refractivity contribution is 7.90. The van der Waals surface area contributed by atoms with E-state index in [0.29, 0.717) is 33.7 Å². The van der Waals surface area contributed by atoms with Crippen LogP contribution in [0.3, 0.4) is 0 Å². The molecule has 182 valence electrons. The fraction of sp³-hybridized carbons (Fsp3) is 0.200. The van der Waals surface area contributed by atoms with E-state index in [1.54, 1.807) is 18.2 Å². The van der Waals surface area contributed by atoms with E-state index in [-0.39, 0.29) is 21.2 Å². The average Bonchev–Trinajstić information content (AvgIpc) is 2.80. The maximum atomic E-state index is 12.6. The Bertz CT molecular complexity index is 1510. The summed E-state index contributed by atoms with van der Waals surface area (Å²) in [5.74, 6) is -0.195. The molecule has 2 aromatic heterocycles. The van der Waals surface area contributed by atoms with E-state index in [1.807, 2.05) is 38.4 Å². The number of pyridine rings is 2. The zero-order valence-corrected chi connectivity index (χ0v) is 21.0. The average molecular weight is 513 g/mol. The topological polar surface area (TPSA) is 116 Å². The molecule has 0 unspecified atom stereocenters. The first-order valence-electron chi connectivity index (χ1n) is 10.7. The van der Waals surface area contributed by atoms with Gasteiger partial charge in [0.2, 0.25) is 0 Å². The van der Waals surface area contributed by atoms with Crippen molar-refractivity contribution in [3.8, 4) is 17.0 Å². The van der Waals surface area contributed by atoms with E-state index >= 15 is 0 Å². The molecule has 8 nitrogen and oxygen atoms in total. The van der Waals surface area contributed by atoms with Gasteiger partial charge in [-0.25, -0.2) is 13.4 Å². The number of sulfone groups is 1. The minimum atomic E-state index is -3.63. The summed E-state index contributed by atoms with van der Waals surface area (Å²) in [5.41, 5.74) is 4.28. The van der Waals surface area contributed by atoms with Crippen LogP contribution in [0, 0.1) is 0 Å². The maximum absolute atomic E-state index is 12.6. The number of aliphatic hydroxyl groups is 1. The second-order valence-electron chi connectivity index (χ2n) is 8.52. The highest BCUT2D eigenvalue weighted by atomic mass is 35.5. The Morgan fingerprint density at radius 3 is 2.43 bits per heavy atom. The number of nitrogens with zero attached hydrogens (tertiary/aromatic N) is 3. The van der Waals surface area contributed by atoms with E-state index in [0.717, 1.165) is 18.4 Å². The third-order valence-electron chi connectivity index (χ3n) is 5.41. The highest BCUT2D eigenvalue weighted by Crippen LogP contribution is 2.36. The van der Waals surface area contributed by atoms with Crippen molar-refractivity contribution in [1.29, 1.82) is 0 Å². The molecule has 2 heterocycles. The molecule has 0 bridgehead atoms. The fourth-order valence-corrected chi connectivity index (χ4v) is 4.74. The Morgan fingerprint density at radius 1 is 1.09 bits per heavy atom. The van der Waals surface area contributed by atoms with Crippen LogP contribution < -0.4 is 5.32 Å². The van der Waals surface area contributed by atoms with E-state index in [9.17, 15) is 18.6 Å². The van der Waals surface area contributed by atoms with Crippen LogP contribution >= 0.6 is 11.6 Å². The predicted octanol–water partition coefficient (Wildman–Crippen LogP) is 4.36. The Balaban J connectivity index is 1.87. The zero-order valence-electron chi connectivity index (χ0n) is 19.4. The van der Waals surface area contributed by atoms with Crippen LogP contribution in [0.5, 0.6) is 5.75 Å². The molecule has 0 fully saturated rings. The smallest absolute Gasteiger partial charge is 0.179 e. The lowest BCUT2D eigenvalue weighted by molar-refractivity contribution is 0.275.